The molecule has 1 N–H and O–H groups in total. The predicted molar refractivity (Wildman–Crippen MR) is 90.5 cm³/mol. The summed E-state index contributed by atoms with van der Waals surface area (Å²) in [5.41, 5.74) is 2.61. The summed E-state index contributed by atoms with van der Waals surface area (Å²) in [6.45, 7) is 2.76. The van der Waals surface area contributed by atoms with Crippen LogP contribution in [0.25, 0.3) is 0 Å². The summed E-state index contributed by atoms with van der Waals surface area (Å²) in [5.74, 6) is 0.190. The van der Waals surface area contributed by atoms with E-state index in [1.54, 1.807) is 6.92 Å². The third-order valence-electron chi connectivity index (χ3n) is 4.64. The maximum atomic E-state index is 12.7. The molecule has 0 radical (unpaired) electrons. The first kappa shape index (κ1) is 17.3. The standard InChI is InChI=1S/C18H23N3O4/c1-2-25-18(24)19-17(23)21-9-5-8-20(21)16(22)12-13-10-14-6-3-4-7-15(14)11-13/h3-4,6-7,13H,2,5,8-12H2,1H3,(H,19,23,24). The Hall–Kier alpha value is -2.57. The number of ether oxygens (including phenoxy) is 1. The van der Waals surface area contributed by atoms with Crippen LogP contribution in [-0.4, -0.2) is 47.7 Å². The molecule has 3 rings (SSSR count). The molecule has 1 aromatic carbocycles. The molecule has 2 aliphatic rings. The van der Waals surface area contributed by atoms with Crippen molar-refractivity contribution < 1.29 is 19.1 Å². The van der Waals surface area contributed by atoms with Crippen LogP contribution in [0.1, 0.15) is 30.9 Å². The zero-order valence-electron chi connectivity index (χ0n) is 14.4. The lowest BCUT2D eigenvalue weighted by Gasteiger charge is -2.28. The summed E-state index contributed by atoms with van der Waals surface area (Å²) in [4.78, 5) is 36.3. The molecular formula is C18H23N3O4. The average molecular weight is 345 g/mol. The lowest BCUT2D eigenvalue weighted by atomic mass is 10.0. The Kier molecular flexibility index (Phi) is 5.21. The van der Waals surface area contributed by atoms with Gasteiger partial charge in [-0.1, -0.05) is 24.3 Å². The van der Waals surface area contributed by atoms with Gasteiger partial charge in [-0.3, -0.25) is 9.80 Å². The fourth-order valence-corrected chi connectivity index (χ4v) is 3.55. The van der Waals surface area contributed by atoms with E-state index in [1.165, 1.54) is 21.1 Å². The number of rotatable bonds is 3. The van der Waals surface area contributed by atoms with E-state index in [2.05, 4.69) is 17.4 Å². The zero-order valence-corrected chi connectivity index (χ0v) is 14.4. The number of alkyl carbamates (subject to hydrolysis) is 1. The molecular weight excluding hydrogens is 322 g/mol. The Bertz CT molecular complexity index is 651. The minimum atomic E-state index is -0.793. The van der Waals surface area contributed by atoms with Gasteiger partial charge < -0.3 is 4.74 Å². The topological polar surface area (TPSA) is 79.0 Å². The number of fused-ring (bicyclic) bond motifs is 1. The van der Waals surface area contributed by atoms with E-state index in [1.807, 2.05) is 12.1 Å². The van der Waals surface area contributed by atoms with E-state index in [-0.39, 0.29) is 18.4 Å². The van der Waals surface area contributed by atoms with Gasteiger partial charge in [-0.25, -0.2) is 19.9 Å². The number of hydrazine groups is 1. The van der Waals surface area contributed by atoms with Crippen LogP contribution < -0.4 is 5.32 Å². The van der Waals surface area contributed by atoms with Crippen LogP contribution in [0.15, 0.2) is 24.3 Å². The van der Waals surface area contributed by atoms with Gasteiger partial charge in [-0.2, -0.15) is 0 Å². The van der Waals surface area contributed by atoms with E-state index in [0.29, 0.717) is 25.9 Å². The third kappa shape index (κ3) is 3.92. The predicted octanol–water partition coefficient (Wildman–Crippen LogP) is 2.11. The highest BCUT2D eigenvalue weighted by atomic mass is 16.5. The largest absolute Gasteiger partial charge is 0.450 e. The monoisotopic (exact) mass is 345 g/mol. The smallest absolute Gasteiger partial charge is 0.415 e. The van der Waals surface area contributed by atoms with Crippen LogP contribution >= 0.6 is 0 Å². The Morgan fingerprint density at radius 2 is 1.76 bits per heavy atom. The van der Waals surface area contributed by atoms with Gasteiger partial charge in [0.25, 0.3) is 0 Å². The molecule has 134 valence electrons. The number of benzene rings is 1. The molecule has 0 unspecified atom stereocenters. The SMILES string of the molecule is CCOC(=O)NC(=O)N1CCCN1C(=O)CC1Cc2ccccc2C1. The normalized spacial score (nSPS) is 16.7. The van der Waals surface area contributed by atoms with Gasteiger partial charge in [0.1, 0.15) is 0 Å². The molecule has 25 heavy (non-hydrogen) atoms. The highest BCUT2D eigenvalue weighted by Crippen LogP contribution is 2.29. The van der Waals surface area contributed by atoms with E-state index in [9.17, 15) is 14.4 Å². The number of carbonyl (C=O) groups is 3. The summed E-state index contributed by atoms with van der Waals surface area (Å²) < 4.78 is 4.71. The van der Waals surface area contributed by atoms with E-state index >= 15 is 0 Å². The number of carbonyl (C=O) groups excluding carboxylic acids is 3. The van der Waals surface area contributed by atoms with Crippen molar-refractivity contribution in [3.05, 3.63) is 35.4 Å². The average Bonchev–Trinajstić information content (AvgIpc) is 3.21. The third-order valence-corrected chi connectivity index (χ3v) is 4.64. The lowest BCUT2D eigenvalue weighted by Crippen LogP contribution is -2.51. The van der Waals surface area contributed by atoms with Crippen molar-refractivity contribution >= 4 is 18.0 Å². The highest BCUT2D eigenvalue weighted by Gasteiger charge is 2.33. The Morgan fingerprint density at radius 1 is 1.12 bits per heavy atom. The highest BCUT2D eigenvalue weighted by molar-refractivity contribution is 5.92. The van der Waals surface area contributed by atoms with Gasteiger partial charge in [0.2, 0.25) is 5.91 Å². The molecule has 1 aliphatic heterocycles. The molecule has 0 spiro atoms. The van der Waals surface area contributed by atoms with Crippen molar-refractivity contribution in [1.82, 2.24) is 15.3 Å². The van der Waals surface area contributed by atoms with Gasteiger partial charge in [0.05, 0.1) is 6.61 Å². The summed E-state index contributed by atoms with van der Waals surface area (Å²) >= 11 is 0. The van der Waals surface area contributed by atoms with Gasteiger partial charge in [-0.05, 0) is 43.2 Å². The second kappa shape index (κ2) is 7.55. The minimum absolute atomic E-state index is 0.0747. The van der Waals surface area contributed by atoms with Crippen LogP contribution in [0, 0.1) is 5.92 Å². The Labute approximate surface area is 146 Å². The van der Waals surface area contributed by atoms with E-state index < -0.39 is 12.1 Å². The van der Waals surface area contributed by atoms with E-state index in [0.717, 1.165) is 12.8 Å². The molecule has 1 aliphatic carbocycles. The lowest BCUT2D eigenvalue weighted by molar-refractivity contribution is -0.141. The van der Waals surface area contributed by atoms with Crippen LogP contribution in [0.3, 0.4) is 0 Å². The molecule has 1 saturated heterocycles. The summed E-state index contributed by atoms with van der Waals surface area (Å²) in [6.07, 6.45) is 2.10. The number of imide groups is 1. The van der Waals surface area contributed by atoms with Crippen molar-refractivity contribution in [2.75, 3.05) is 19.7 Å². The second-order valence-corrected chi connectivity index (χ2v) is 6.39. The second-order valence-electron chi connectivity index (χ2n) is 6.39. The van der Waals surface area contributed by atoms with Crippen molar-refractivity contribution in [2.45, 2.75) is 32.6 Å². The number of hydrogen-bond donors (Lipinski definition) is 1. The van der Waals surface area contributed by atoms with Crippen molar-refractivity contribution in [3.63, 3.8) is 0 Å². The molecule has 0 bridgehead atoms. The maximum Gasteiger partial charge on any atom is 0.415 e. The first-order valence-corrected chi connectivity index (χ1v) is 8.70. The molecule has 7 heteroatoms. The fourth-order valence-electron chi connectivity index (χ4n) is 3.55. The molecule has 1 fully saturated rings. The van der Waals surface area contributed by atoms with Crippen molar-refractivity contribution in [2.24, 2.45) is 5.92 Å². The van der Waals surface area contributed by atoms with Crippen molar-refractivity contribution in [1.29, 1.82) is 0 Å². The molecule has 4 amide bonds. The van der Waals surface area contributed by atoms with Gasteiger partial charge in [0, 0.05) is 19.5 Å². The van der Waals surface area contributed by atoms with Crippen LogP contribution in [-0.2, 0) is 22.4 Å². The van der Waals surface area contributed by atoms with Crippen LogP contribution in [0.5, 0.6) is 0 Å². The number of amides is 4. The molecule has 0 aromatic heterocycles. The quantitative estimate of drug-likeness (QED) is 0.910. The first-order valence-electron chi connectivity index (χ1n) is 8.70. The van der Waals surface area contributed by atoms with Gasteiger partial charge in [-0.15, -0.1) is 0 Å². The number of urea groups is 1. The zero-order chi connectivity index (χ0) is 17.8. The number of nitrogens with zero attached hydrogens (tertiary/aromatic N) is 2. The Morgan fingerprint density at radius 3 is 2.40 bits per heavy atom. The van der Waals surface area contributed by atoms with Gasteiger partial charge >= 0.3 is 12.1 Å². The maximum absolute atomic E-state index is 12.7. The summed E-state index contributed by atoms with van der Waals surface area (Å²) in [5, 5.41) is 4.91. The van der Waals surface area contributed by atoms with Gasteiger partial charge in [0.15, 0.2) is 0 Å². The first-order chi connectivity index (χ1) is 12.1. The molecule has 1 heterocycles. The molecule has 0 saturated carbocycles. The number of nitrogens with one attached hydrogen (secondary N) is 1. The molecule has 7 nitrogen and oxygen atoms in total. The van der Waals surface area contributed by atoms with E-state index in [4.69, 9.17) is 4.74 Å². The Balaban J connectivity index is 1.56. The molecule has 0 atom stereocenters. The fraction of sp³-hybridized carbons (Fsp3) is 0.500. The summed E-state index contributed by atoms with van der Waals surface area (Å²) in [6, 6.07) is 7.64. The van der Waals surface area contributed by atoms with Crippen molar-refractivity contribution in [3.8, 4) is 0 Å². The van der Waals surface area contributed by atoms with Crippen LogP contribution in [0.4, 0.5) is 9.59 Å². The van der Waals surface area contributed by atoms with Crippen LogP contribution in [0.2, 0.25) is 0 Å². The number of hydrogen-bond acceptors (Lipinski definition) is 4. The minimum Gasteiger partial charge on any atom is -0.450 e. The summed E-state index contributed by atoms with van der Waals surface area (Å²) in [7, 11) is 0. The molecule has 1 aromatic rings.